The van der Waals surface area contributed by atoms with Crippen molar-refractivity contribution in [1.29, 1.82) is 0 Å². The van der Waals surface area contributed by atoms with E-state index < -0.39 is 38.6 Å². The molecule has 1 N–H and O–H groups in total. The molecule has 5 atom stereocenters. The number of phosphoric ester groups is 1. The summed E-state index contributed by atoms with van der Waals surface area (Å²) in [6.07, 6.45) is 30.8. The number of carbonyl (C=O) groups is 3. The molecule has 0 aromatic carbocycles. The van der Waals surface area contributed by atoms with Gasteiger partial charge in [0.1, 0.15) is 19.8 Å². The van der Waals surface area contributed by atoms with Gasteiger partial charge in [-0.3, -0.25) is 18.9 Å². The van der Waals surface area contributed by atoms with Crippen LogP contribution < -0.4 is 4.89 Å². The molecular formula is C44H78NO10P. The van der Waals surface area contributed by atoms with Crippen molar-refractivity contribution in [3.63, 3.8) is 0 Å². The van der Waals surface area contributed by atoms with E-state index in [1.807, 2.05) is 45.4 Å². The van der Waals surface area contributed by atoms with Crippen molar-refractivity contribution in [1.82, 2.24) is 0 Å². The van der Waals surface area contributed by atoms with E-state index in [2.05, 4.69) is 13.8 Å². The van der Waals surface area contributed by atoms with Crippen molar-refractivity contribution in [3.05, 3.63) is 36.5 Å². The number of carbonyl (C=O) groups excluding carboxylic acids is 3. The molecule has 12 heteroatoms. The van der Waals surface area contributed by atoms with Crippen LogP contribution in [0.4, 0.5) is 0 Å². The third-order valence-electron chi connectivity index (χ3n) is 9.91. The lowest BCUT2D eigenvalue weighted by Gasteiger charge is -2.28. The van der Waals surface area contributed by atoms with Crippen LogP contribution in [0.5, 0.6) is 0 Å². The fourth-order valence-electron chi connectivity index (χ4n) is 6.35. The molecule has 324 valence electrons. The molecule has 0 heterocycles. The van der Waals surface area contributed by atoms with E-state index in [9.17, 15) is 28.9 Å². The normalized spacial score (nSPS) is 18.2. The highest BCUT2D eigenvalue weighted by molar-refractivity contribution is 7.45. The lowest BCUT2D eigenvalue weighted by Crippen LogP contribution is -2.37. The Hall–Kier alpha value is -2.14. The summed E-state index contributed by atoms with van der Waals surface area (Å²) in [6, 6.07) is 0. The van der Waals surface area contributed by atoms with E-state index in [1.54, 1.807) is 12.2 Å². The summed E-state index contributed by atoms with van der Waals surface area (Å²) in [5.74, 6) is -1.19. The number of unbranched alkanes of at least 4 members (excludes halogenated alkanes) is 15. The minimum absolute atomic E-state index is 0.0293. The van der Waals surface area contributed by atoms with Gasteiger partial charge in [-0.25, -0.2) is 0 Å². The molecular weight excluding hydrogens is 733 g/mol. The number of likely N-dealkylation sites (N-methyl/N-ethyl adjacent to an activating group) is 1. The minimum Gasteiger partial charge on any atom is -0.756 e. The Morgan fingerprint density at radius 2 is 1.41 bits per heavy atom. The zero-order valence-corrected chi connectivity index (χ0v) is 36.6. The van der Waals surface area contributed by atoms with Crippen LogP contribution in [0.1, 0.15) is 155 Å². The van der Waals surface area contributed by atoms with Gasteiger partial charge in [-0.05, 0) is 44.1 Å². The zero-order chi connectivity index (χ0) is 41.5. The molecule has 0 saturated carbocycles. The van der Waals surface area contributed by atoms with E-state index in [0.717, 1.165) is 38.5 Å². The van der Waals surface area contributed by atoms with E-state index in [0.29, 0.717) is 43.1 Å². The molecule has 1 unspecified atom stereocenters. The van der Waals surface area contributed by atoms with Crippen LogP contribution in [-0.4, -0.2) is 87.0 Å². The average Bonchev–Trinajstić information content (AvgIpc) is 3.49. The summed E-state index contributed by atoms with van der Waals surface area (Å²) >= 11 is 0. The van der Waals surface area contributed by atoms with Crippen molar-refractivity contribution in [2.24, 2.45) is 11.8 Å². The van der Waals surface area contributed by atoms with Gasteiger partial charge in [0.2, 0.25) is 0 Å². The van der Waals surface area contributed by atoms with Crippen LogP contribution in [0.25, 0.3) is 0 Å². The fraction of sp³-hybridized carbons (Fsp3) is 0.795. The highest BCUT2D eigenvalue weighted by Crippen LogP contribution is 2.38. The van der Waals surface area contributed by atoms with Gasteiger partial charge in [0.05, 0.1) is 33.9 Å². The lowest BCUT2D eigenvalue weighted by atomic mass is 9.90. The van der Waals surface area contributed by atoms with Gasteiger partial charge in [0, 0.05) is 18.8 Å². The van der Waals surface area contributed by atoms with Gasteiger partial charge in [-0.2, -0.15) is 0 Å². The van der Waals surface area contributed by atoms with Gasteiger partial charge < -0.3 is 33.0 Å². The Morgan fingerprint density at radius 1 is 0.821 bits per heavy atom. The number of nitrogens with zero attached hydrogens (tertiary/aromatic N) is 1. The molecule has 11 nitrogen and oxygen atoms in total. The van der Waals surface area contributed by atoms with Crippen molar-refractivity contribution in [2.45, 2.75) is 167 Å². The Bertz CT molecular complexity index is 1200. The second-order valence-electron chi connectivity index (χ2n) is 16.4. The van der Waals surface area contributed by atoms with Gasteiger partial charge >= 0.3 is 11.9 Å². The first-order chi connectivity index (χ1) is 26.8. The van der Waals surface area contributed by atoms with Crippen molar-refractivity contribution in [3.8, 4) is 0 Å². The SMILES string of the molecule is CCCCCCCCCCCCCCCC(=O)O[C@H](COC(=O)CCC/C=C\C[C@H]1C=CC(=O)[C@@H]1/C=C/[C@@H](O)CCCCC)COP(=O)([O-])OCC[N+](C)(C)C. The van der Waals surface area contributed by atoms with Crippen molar-refractivity contribution < 1.29 is 52.0 Å². The molecule has 1 rings (SSSR count). The summed E-state index contributed by atoms with van der Waals surface area (Å²) in [7, 11) is 1.06. The molecule has 56 heavy (non-hydrogen) atoms. The number of aliphatic hydroxyl groups excluding tert-OH is 1. The van der Waals surface area contributed by atoms with Gasteiger partial charge in [-0.15, -0.1) is 0 Å². The number of hydrogen-bond acceptors (Lipinski definition) is 10. The summed E-state index contributed by atoms with van der Waals surface area (Å²) in [4.78, 5) is 50.0. The van der Waals surface area contributed by atoms with Gasteiger partial charge in [0.15, 0.2) is 11.9 Å². The topological polar surface area (TPSA) is 148 Å². The Morgan fingerprint density at radius 3 is 2.04 bits per heavy atom. The molecule has 0 fully saturated rings. The van der Waals surface area contributed by atoms with Crippen LogP contribution in [0.3, 0.4) is 0 Å². The molecule has 0 aromatic rings. The summed E-state index contributed by atoms with van der Waals surface area (Å²) in [5, 5.41) is 10.2. The van der Waals surface area contributed by atoms with Crippen LogP contribution in [0.2, 0.25) is 0 Å². The highest BCUT2D eigenvalue weighted by Gasteiger charge is 2.27. The maximum absolute atomic E-state index is 12.7. The molecule has 1 aliphatic carbocycles. The average molecular weight is 812 g/mol. The first kappa shape index (κ1) is 51.9. The van der Waals surface area contributed by atoms with E-state index in [-0.39, 0.29) is 43.7 Å². The van der Waals surface area contributed by atoms with Gasteiger partial charge in [0.25, 0.3) is 7.82 Å². The Balaban J connectivity index is 2.47. The summed E-state index contributed by atoms with van der Waals surface area (Å²) in [5.41, 5.74) is 0. The molecule has 0 spiro atoms. The molecule has 0 radical (unpaired) electrons. The fourth-order valence-corrected chi connectivity index (χ4v) is 7.08. The minimum atomic E-state index is -4.67. The molecule has 0 saturated heterocycles. The molecule has 1 aliphatic rings. The van der Waals surface area contributed by atoms with E-state index >= 15 is 0 Å². The second-order valence-corrected chi connectivity index (χ2v) is 17.8. The summed E-state index contributed by atoms with van der Waals surface area (Å²) < 4.78 is 33.8. The number of allylic oxidation sites excluding steroid dienone is 5. The molecule has 0 amide bonds. The first-order valence-electron chi connectivity index (χ1n) is 21.8. The monoisotopic (exact) mass is 812 g/mol. The number of rotatable bonds is 36. The second kappa shape index (κ2) is 31.8. The van der Waals surface area contributed by atoms with Crippen LogP contribution in [-0.2, 0) is 37.5 Å². The molecule has 0 aromatic heterocycles. The number of esters is 2. The highest BCUT2D eigenvalue weighted by atomic mass is 31.2. The largest absolute Gasteiger partial charge is 0.756 e. The number of hydrogen-bond donors (Lipinski definition) is 1. The van der Waals surface area contributed by atoms with E-state index in [1.165, 1.54) is 57.8 Å². The van der Waals surface area contributed by atoms with Crippen molar-refractivity contribution >= 4 is 25.5 Å². The predicted octanol–water partition coefficient (Wildman–Crippen LogP) is 9.12. The predicted molar refractivity (Wildman–Crippen MR) is 222 cm³/mol. The van der Waals surface area contributed by atoms with Crippen LogP contribution in [0, 0.1) is 11.8 Å². The molecule has 0 aliphatic heterocycles. The number of ether oxygens (including phenoxy) is 2. The smallest absolute Gasteiger partial charge is 0.306 e. The maximum Gasteiger partial charge on any atom is 0.306 e. The van der Waals surface area contributed by atoms with Crippen molar-refractivity contribution in [2.75, 3.05) is 47.5 Å². The third kappa shape index (κ3) is 29.1. The maximum atomic E-state index is 12.7. The van der Waals surface area contributed by atoms with Gasteiger partial charge in [-0.1, -0.05) is 141 Å². The number of aliphatic hydroxyl groups is 1. The Labute approximate surface area is 339 Å². The first-order valence-corrected chi connectivity index (χ1v) is 23.2. The standard InChI is InChI=1S/C44H78NO10P/c1-6-8-10-11-12-13-14-15-16-17-18-19-25-29-44(49)55-40(37-54-56(50,51)53-35-34-45(3,4)5)36-52-43(48)28-24-21-20-23-26-38-30-33-42(47)41(38)32-31-39(46)27-22-9-7-2/h20,23,30-33,38-41,46H,6-19,21-22,24-29,34-37H2,1-5H3/b23-20-,32-31+/t38-,39-,40+,41+/m0/s1. The van der Waals surface area contributed by atoms with Crippen LogP contribution >= 0.6 is 7.82 Å². The van der Waals surface area contributed by atoms with Crippen LogP contribution in [0.15, 0.2) is 36.5 Å². The number of ketones is 1. The molecule has 0 bridgehead atoms. The summed E-state index contributed by atoms with van der Waals surface area (Å²) in [6.45, 7) is 3.89. The Kier molecular flexibility index (Phi) is 29.5. The lowest BCUT2D eigenvalue weighted by molar-refractivity contribution is -0.870. The number of quaternary nitrogens is 1. The number of phosphoric acid groups is 1. The zero-order valence-electron chi connectivity index (χ0n) is 35.7. The quantitative estimate of drug-likeness (QED) is 0.0214. The van der Waals surface area contributed by atoms with E-state index in [4.69, 9.17) is 18.5 Å². The third-order valence-corrected chi connectivity index (χ3v) is 10.9.